The number of aryl methyl sites for hydroxylation is 1. The molecule has 5 nitrogen and oxygen atoms in total. The Morgan fingerprint density at radius 1 is 1.35 bits per heavy atom. The molecule has 0 aliphatic carbocycles. The number of rotatable bonds is 1. The summed E-state index contributed by atoms with van der Waals surface area (Å²) in [5.41, 5.74) is 1.17. The van der Waals surface area contributed by atoms with Crippen molar-refractivity contribution in [3.05, 3.63) is 34.9 Å². The fraction of sp³-hybridized carbons (Fsp3) is 0.267. The normalized spacial score (nSPS) is 16.7. The van der Waals surface area contributed by atoms with E-state index < -0.39 is 11.6 Å². The van der Waals surface area contributed by atoms with Crippen LogP contribution in [0.2, 0.25) is 5.28 Å². The lowest BCUT2D eigenvalue weighted by Crippen LogP contribution is -2.16. The fourth-order valence-electron chi connectivity index (χ4n) is 3.04. The summed E-state index contributed by atoms with van der Waals surface area (Å²) >= 11 is 5.75. The van der Waals surface area contributed by atoms with Crippen LogP contribution in [0.25, 0.3) is 22.2 Å². The van der Waals surface area contributed by atoms with Crippen molar-refractivity contribution in [1.29, 1.82) is 0 Å². The molecule has 1 unspecified atom stereocenters. The van der Waals surface area contributed by atoms with Crippen LogP contribution in [0.1, 0.15) is 18.5 Å². The van der Waals surface area contributed by atoms with E-state index in [1.807, 2.05) is 6.92 Å². The van der Waals surface area contributed by atoms with Crippen LogP contribution in [-0.2, 0) is 7.05 Å². The van der Waals surface area contributed by atoms with Crippen LogP contribution in [0, 0.1) is 11.6 Å². The molecule has 1 aliphatic rings. The summed E-state index contributed by atoms with van der Waals surface area (Å²) in [5, 5.41) is 4.65. The molecular formula is C15H11ClF2N4O. The first-order valence-electron chi connectivity index (χ1n) is 6.97. The Morgan fingerprint density at radius 2 is 2.13 bits per heavy atom. The Hall–Kier alpha value is -2.28. The second-order valence-electron chi connectivity index (χ2n) is 5.52. The van der Waals surface area contributed by atoms with E-state index in [9.17, 15) is 8.78 Å². The topological polar surface area (TPSA) is 52.8 Å². The van der Waals surface area contributed by atoms with Crippen LogP contribution >= 0.6 is 11.6 Å². The molecule has 0 spiro atoms. The number of halogens is 3. The molecule has 2 aromatic heterocycles. The largest absolute Gasteiger partial charge is 0.491 e. The van der Waals surface area contributed by atoms with Crippen molar-refractivity contribution < 1.29 is 13.5 Å². The van der Waals surface area contributed by atoms with E-state index >= 15 is 0 Å². The zero-order chi connectivity index (χ0) is 16.3. The molecule has 1 aliphatic heterocycles. The van der Waals surface area contributed by atoms with Crippen LogP contribution in [-0.4, -0.2) is 26.4 Å². The molecule has 8 heteroatoms. The Balaban J connectivity index is 2.12. The van der Waals surface area contributed by atoms with Gasteiger partial charge in [0.15, 0.2) is 11.6 Å². The number of aromatic nitrogens is 4. The zero-order valence-corrected chi connectivity index (χ0v) is 13.0. The van der Waals surface area contributed by atoms with Crippen LogP contribution in [0.5, 0.6) is 5.75 Å². The van der Waals surface area contributed by atoms with Gasteiger partial charge in [-0.15, -0.1) is 0 Å². The molecular weight excluding hydrogens is 326 g/mol. The molecule has 0 radical (unpaired) electrons. The highest BCUT2D eigenvalue weighted by Crippen LogP contribution is 2.44. The summed E-state index contributed by atoms with van der Waals surface area (Å²) in [6.07, 6.45) is 0.953. The Kier molecular flexibility index (Phi) is 3.02. The average molecular weight is 337 g/mol. The molecule has 118 valence electrons. The van der Waals surface area contributed by atoms with E-state index in [2.05, 4.69) is 15.1 Å². The van der Waals surface area contributed by atoms with E-state index in [0.29, 0.717) is 17.7 Å². The van der Waals surface area contributed by atoms with Crippen LogP contribution in [0.15, 0.2) is 12.3 Å². The molecule has 0 amide bonds. The van der Waals surface area contributed by atoms with Gasteiger partial charge in [0, 0.05) is 18.5 Å². The summed E-state index contributed by atoms with van der Waals surface area (Å²) in [6, 6.07) is 1.17. The maximum Gasteiger partial charge on any atom is 0.223 e. The number of hydrogen-bond donors (Lipinski definition) is 0. The SMILES string of the molecule is CC1COc2c(-c3nc(Cl)ncc3F)cc(F)c3nn(C)c1c23. The van der Waals surface area contributed by atoms with Crippen molar-refractivity contribution >= 4 is 22.5 Å². The molecule has 3 aromatic rings. The molecule has 0 fully saturated rings. The van der Waals surface area contributed by atoms with E-state index in [-0.39, 0.29) is 28.0 Å². The highest BCUT2D eigenvalue weighted by atomic mass is 35.5. The summed E-state index contributed by atoms with van der Waals surface area (Å²) in [4.78, 5) is 7.47. The molecule has 0 saturated heterocycles. The van der Waals surface area contributed by atoms with Gasteiger partial charge in [-0.3, -0.25) is 4.68 Å². The van der Waals surface area contributed by atoms with E-state index in [0.717, 1.165) is 11.9 Å². The first-order chi connectivity index (χ1) is 11.0. The Labute approximate surface area is 134 Å². The smallest absolute Gasteiger partial charge is 0.223 e. The molecule has 23 heavy (non-hydrogen) atoms. The molecule has 4 rings (SSSR count). The van der Waals surface area contributed by atoms with Crippen LogP contribution in [0.4, 0.5) is 8.78 Å². The highest BCUT2D eigenvalue weighted by Gasteiger charge is 2.30. The predicted octanol–water partition coefficient (Wildman–Crippen LogP) is 3.46. The molecule has 0 N–H and O–H groups in total. The van der Waals surface area contributed by atoms with Gasteiger partial charge in [0.25, 0.3) is 0 Å². The highest BCUT2D eigenvalue weighted by molar-refractivity contribution is 6.28. The number of nitrogens with zero attached hydrogens (tertiary/aromatic N) is 4. The zero-order valence-electron chi connectivity index (χ0n) is 12.3. The monoisotopic (exact) mass is 336 g/mol. The molecule has 0 bridgehead atoms. The quantitative estimate of drug-likeness (QED) is 0.639. The third kappa shape index (κ3) is 1.99. The first-order valence-corrected chi connectivity index (χ1v) is 7.35. The van der Waals surface area contributed by atoms with Crippen LogP contribution in [0.3, 0.4) is 0 Å². The second-order valence-corrected chi connectivity index (χ2v) is 5.85. The number of ether oxygens (including phenoxy) is 1. The van der Waals surface area contributed by atoms with Crippen molar-refractivity contribution in [3.8, 4) is 17.0 Å². The standard InChI is InChI=1S/C15H11ClF2N4O/c1-6-5-23-14-7(11-9(18)4-19-15(16)20-11)3-8(17)12-10(14)13(6)22(2)21-12/h3-4,6H,5H2,1-2H3. The molecule has 0 saturated carbocycles. The number of benzene rings is 1. The lowest BCUT2D eigenvalue weighted by Gasteiger charge is -2.23. The fourth-order valence-corrected chi connectivity index (χ4v) is 3.17. The van der Waals surface area contributed by atoms with Gasteiger partial charge < -0.3 is 4.74 Å². The Morgan fingerprint density at radius 3 is 2.91 bits per heavy atom. The maximum absolute atomic E-state index is 14.5. The minimum Gasteiger partial charge on any atom is -0.491 e. The van der Waals surface area contributed by atoms with Crippen LogP contribution < -0.4 is 4.74 Å². The lowest BCUT2D eigenvalue weighted by molar-refractivity contribution is 0.286. The third-order valence-corrected chi connectivity index (χ3v) is 4.16. The summed E-state index contributed by atoms with van der Waals surface area (Å²) in [6.45, 7) is 2.35. The Bertz CT molecular complexity index is 957. The van der Waals surface area contributed by atoms with Gasteiger partial charge in [-0.25, -0.2) is 18.7 Å². The van der Waals surface area contributed by atoms with E-state index in [4.69, 9.17) is 16.3 Å². The van der Waals surface area contributed by atoms with Crippen molar-refractivity contribution in [2.75, 3.05) is 6.61 Å². The van der Waals surface area contributed by atoms with E-state index in [1.165, 1.54) is 6.07 Å². The van der Waals surface area contributed by atoms with Crippen molar-refractivity contribution in [2.45, 2.75) is 12.8 Å². The lowest BCUT2D eigenvalue weighted by atomic mass is 9.97. The van der Waals surface area contributed by atoms with Gasteiger partial charge in [-0.1, -0.05) is 6.92 Å². The maximum atomic E-state index is 14.5. The predicted molar refractivity (Wildman–Crippen MR) is 80.6 cm³/mol. The summed E-state index contributed by atoms with van der Waals surface area (Å²) in [5.74, 6) is -0.841. The van der Waals surface area contributed by atoms with Gasteiger partial charge in [-0.05, 0) is 17.7 Å². The summed E-state index contributed by atoms with van der Waals surface area (Å²) < 4.78 is 36.0. The minimum atomic E-state index is -0.697. The van der Waals surface area contributed by atoms with Gasteiger partial charge in [-0.2, -0.15) is 5.10 Å². The first kappa shape index (κ1) is 14.3. The molecule has 3 heterocycles. The average Bonchev–Trinajstić information content (AvgIpc) is 2.87. The van der Waals surface area contributed by atoms with Gasteiger partial charge >= 0.3 is 0 Å². The van der Waals surface area contributed by atoms with Gasteiger partial charge in [0.05, 0.1) is 23.9 Å². The minimum absolute atomic E-state index is 0.0472. The number of hydrogen-bond acceptors (Lipinski definition) is 4. The van der Waals surface area contributed by atoms with Gasteiger partial charge in [0.1, 0.15) is 17.0 Å². The second kappa shape index (κ2) is 4.86. The molecule has 1 atom stereocenters. The van der Waals surface area contributed by atoms with Crippen molar-refractivity contribution in [1.82, 2.24) is 19.7 Å². The van der Waals surface area contributed by atoms with Gasteiger partial charge in [0.2, 0.25) is 5.28 Å². The molecule has 1 aromatic carbocycles. The van der Waals surface area contributed by atoms with Crippen molar-refractivity contribution in [3.63, 3.8) is 0 Å². The summed E-state index contributed by atoms with van der Waals surface area (Å²) in [7, 11) is 1.75. The van der Waals surface area contributed by atoms with E-state index in [1.54, 1.807) is 11.7 Å². The third-order valence-electron chi connectivity index (χ3n) is 3.97. The van der Waals surface area contributed by atoms with Crippen molar-refractivity contribution in [2.24, 2.45) is 7.05 Å².